The van der Waals surface area contributed by atoms with E-state index in [2.05, 4.69) is 69.6 Å². The van der Waals surface area contributed by atoms with Crippen molar-refractivity contribution in [2.75, 3.05) is 19.6 Å². The predicted octanol–water partition coefficient (Wildman–Crippen LogP) is 5.97. The summed E-state index contributed by atoms with van der Waals surface area (Å²) in [4.78, 5) is 24.2. The smallest absolute Gasteiger partial charge is 0.347 e. The number of fused-ring (bicyclic) bond motifs is 3. The molecule has 0 radical (unpaired) electrons. The molecular formula is C32H33F3N6O. The van der Waals surface area contributed by atoms with Gasteiger partial charge in [0, 0.05) is 42.6 Å². The van der Waals surface area contributed by atoms with Crippen molar-refractivity contribution in [3.8, 4) is 0 Å². The highest BCUT2D eigenvalue weighted by atomic mass is 19.4. The SMILES string of the molecule is Cc1cc2ncc3c(n2n1)N=C(c1ccc(CN2CCC(C(=O)NCC(F)(F)F)CC2)cc1)CC(C1C=CC=CC1)=C3. The topological polar surface area (TPSA) is 74.9 Å². The van der Waals surface area contributed by atoms with Gasteiger partial charge in [-0.25, -0.2) is 9.98 Å². The van der Waals surface area contributed by atoms with Crippen LogP contribution in [-0.4, -0.2) is 56.9 Å². The first-order valence-electron chi connectivity index (χ1n) is 14.3. The molecule has 1 unspecified atom stereocenters. The summed E-state index contributed by atoms with van der Waals surface area (Å²) in [6, 6.07) is 10.4. The lowest BCUT2D eigenvalue weighted by atomic mass is 9.87. The first-order chi connectivity index (χ1) is 20.2. The number of aryl methyl sites for hydroxylation is 1. The van der Waals surface area contributed by atoms with Gasteiger partial charge in [0.1, 0.15) is 6.54 Å². The maximum absolute atomic E-state index is 12.4. The number of aromatic nitrogens is 3. The van der Waals surface area contributed by atoms with Crippen molar-refractivity contribution in [1.29, 1.82) is 0 Å². The van der Waals surface area contributed by atoms with Crippen LogP contribution in [0, 0.1) is 18.8 Å². The van der Waals surface area contributed by atoms with E-state index in [1.165, 1.54) is 5.57 Å². The van der Waals surface area contributed by atoms with Crippen molar-refractivity contribution in [3.05, 3.63) is 88.8 Å². The Hall–Kier alpha value is -4.05. The molecule has 3 aromatic rings. The summed E-state index contributed by atoms with van der Waals surface area (Å²) >= 11 is 0. The fourth-order valence-corrected chi connectivity index (χ4v) is 5.88. The first-order valence-corrected chi connectivity index (χ1v) is 14.3. The van der Waals surface area contributed by atoms with Gasteiger partial charge in [0.05, 0.1) is 11.4 Å². The van der Waals surface area contributed by atoms with E-state index in [0.717, 1.165) is 52.5 Å². The van der Waals surface area contributed by atoms with Gasteiger partial charge in [0.15, 0.2) is 11.5 Å². The third-order valence-corrected chi connectivity index (χ3v) is 8.13. The number of nitrogens with one attached hydrogen (secondary N) is 1. The Morgan fingerprint density at radius 1 is 1.12 bits per heavy atom. The Labute approximate surface area is 242 Å². The summed E-state index contributed by atoms with van der Waals surface area (Å²) in [6.07, 6.45) is 11.1. The second-order valence-corrected chi connectivity index (χ2v) is 11.3. The number of benzene rings is 1. The van der Waals surface area contributed by atoms with Crippen LogP contribution in [0.2, 0.25) is 0 Å². The minimum Gasteiger partial charge on any atom is -0.347 e. The molecule has 3 aliphatic rings. The third-order valence-electron chi connectivity index (χ3n) is 8.13. The largest absolute Gasteiger partial charge is 0.405 e. The summed E-state index contributed by atoms with van der Waals surface area (Å²) in [7, 11) is 0. The monoisotopic (exact) mass is 574 g/mol. The van der Waals surface area contributed by atoms with E-state index in [-0.39, 0.29) is 5.92 Å². The lowest BCUT2D eigenvalue weighted by Gasteiger charge is -2.31. The quantitative estimate of drug-likeness (QED) is 0.394. The van der Waals surface area contributed by atoms with Gasteiger partial charge in [0.25, 0.3) is 0 Å². The van der Waals surface area contributed by atoms with Crippen LogP contribution in [0.25, 0.3) is 11.7 Å². The number of likely N-dealkylation sites (tertiary alicyclic amines) is 1. The zero-order valence-corrected chi connectivity index (χ0v) is 23.4. The number of aliphatic imine (C=N–C) groups is 1. The fraction of sp³-hybridized carbons (Fsp3) is 0.375. The van der Waals surface area contributed by atoms with Crippen LogP contribution < -0.4 is 5.32 Å². The molecule has 0 saturated carbocycles. The molecule has 2 aromatic heterocycles. The highest BCUT2D eigenvalue weighted by Gasteiger charge is 2.31. The summed E-state index contributed by atoms with van der Waals surface area (Å²) in [5.41, 5.74) is 7.04. The highest BCUT2D eigenvalue weighted by molar-refractivity contribution is 6.05. The lowest BCUT2D eigenvalue weighted by molar-refractivity contribution is -0.141. The van der Waals surface area contributed by atoms with Crippen LogP contribution in [0.1, 0.15) is 48.1 Å². The van der Waals surface area contributed by atoms with E-state index in [1.54, 1.807) is 0 Å². The molecule has 10 heteroatoms. The maximum atomic E-state index is 12.4. The molecule has 1 aromatic carbocycles. The van der Waals surface area contributed by atoms with Crippen molar-refractivity contribution in [2.45, 2.75) is 45.3 Å². The second-order valence-electron chi connectivity index (χ2n) is 11.3. The van der Waals surface area contributed by atoms with Gasteiger partial charge in [-0.3, -0.25) is 9.69 Å². The number of hydrogen-bond acceptors (Lipinski definition) is 5. The third kappa shape index (κ3) is 6.38. The normalized spacial score (nSPS) is 19.8. The van der Waals surface area contributed by atoms with Crippen LogP contribution in [0.15, 0.2) is 71.4 Å². The number of piperidine rings is 1. The van der Waals surface area contributed by atoms with Crippen LogP contribution in [0.5, 0.6) is 0 Å². The Kier molecular flexibility index (Phi) is 7.81. The molecular weight excluding hydrogens is 541 g/mol. The molecule has 6 rings (SSSR count). The highest BCUT2D eigenvalue weighted by Crippen LogP contribution is 2.34. The maximum Gasteiger partial charge on any atom is 0.405 e. The average molecular weight is 575 g/mol. The predicted molar refractivity (Wildman–Crippen MR) is 156 cm³/mol. The van der Waals surface area contributed by atoms with Crippen LogP contribution >= 0.6 is 0 Å². The number of nitrogens with zero attached hydrogens (tertiary/aromatic N) is 5. The fourth-order valence-electron chi connectivity index (χ4n) is 5.88. The van der Waals surface area contributed by atoms with Crippen molar-refractivity contribution < 1.29 is 18.0 Å². The number of rotatable bonds is 6. The molecule has 1 amide bonds. The van der Waals surface area contributed by atoms with Gasteiger partial charge in [-0.1, -0.05) is 54.1 Å². The zero-order valence-electron chi connectivity index (χ0n) is 23.4. The van der Waals surface area contributed by atoms with E-state index in [9.17, 15) is 18.0 Å². The zero-order chi connectivity index (χ0) is 29.3. The molecule has 218 valence electrons. The summed E-state index contributed by atoms with van der Waals surface area (Å²) in [6.45, 7) is 2.73. The molecule has 1 N–H and O–H groups in total. The van der Waals surface area contributed by atoms with Crippen molar-refractivity contribution in [2.24, 2.45) is 16.8 Å². The second kappa shape index (κ2) is 11.7. The summed E-state index contributed by atoms with van der Waals surface area (Å²) < 4.78 is 39.2. The van der Waals surface area contributed by atoms with Gasteiger partial charge in [0.2, 0.25) is 5.91 Å². The average Bonchev–Trinajstić information content (AvgIpc) is 3.25. The minimum absolute atomic E-state index is 0.291. The molecule has 1 atom stereocenters. The van der Waals surface area contributed by atoms with E-state index in [0.29, 0.717) is 38.3 Å². The van der Waals surface area contributed by atoms with Crippen molar-refractivity contribution >= 4 is 29.2 Å². The molecule has 7 nitrogen and oxygen atoms in total. The van der Waals surface area contributed by atoms with E-state index < -0.39 is 18.6 Å². The van der Waals surface area contributed by atoms with Gasteiger partial charge in [-0.15, -0.1) is 0 Å². The van der Waals surface area contributed by atoms with Crippen molar-refractivity contribution in [3.63, 3.8) is 0 Å². The van der Waals surface area contributed by atoms with E-state index in [4.69, 9.17) is 4.99 Å². The Morgan fingerprint density at radius 2 is 1.90 bits per heavy atom. The summed E-state index contributed by atoms with van der Waals surface area (Å²) in [5.74, 6) is 0.186. The van der Waals surface area contributed by atoms with Gasteiger partial charge in [-0.2, -0.15) is 22.8 Å². The lowest BCUT2D eigenvalue weighted by Crippen LogP contribution is -2.42. The standard InChI is InChI=1S/C32H33F3N6O/c1-21-15-29-36-18-27-16-26(23-5-3-2-4-6-23)17-28(38-30(27)41(29)39-21)24-9-7-22(8-10-24)19-40-13-11-25(12-14-40)31(42)37-20-32(33,34)35/h2-5,7-10,15-16,18,23,25H,6,11-14,17,19-20H2,1H3,(H,37,42). The van der Waals surface area contributed by atoms with E-state index >= 15 is 0 Å². The van der Waals surface area contributed by atoms with E-state index in [1.807, 2.05) is 29.0 Å². The van der Waals surface area contributed by atoms with Gasteiger partial charge < -0.3 is 5.32 Å². The van der Waals surface area contributed by atoms with Gasteiger partial charge >= 0.3 is 6.18 Å². The molecule has 0 bridgehead atoms. The number of hydrogen-bond donors (Lipinski definition) is 1. The number of amides is 1. The molecule has 1 fully saturated rings. The molecule has 0 spiro atoms. The van der Waals surface area contributed by atoms with Crippen LogP contribution in [-0.2, 0) is 11.3 Å². The Morgan fingerprint density at radius 3 is 2.62 bits per heavy atom. The van der Waals surface area contributed by atoms with Gasteiger partial charge in [-0.05, 0) is 56.5 Å². The number of carbonyl (C=O) groups excluding carboxylic acids is 1. The Bertz CT molecular complexity index is 1590. The number of carbonyl (C=O) groups is 1. The molecule has 4 heterocycles. The first kappa shape index (κ1) is 28.1. The van der Waals surface area contributed by atoms with Crippen molar-refractivity contribution in [1.82, 2.24) is 24.8 Å². The number of alkyl halides is 3. The number of halogens is 3. The van der Waals surface area contributed by atoms with Crippen LogP contribution in [0.4, 0.5) is 19.0 Å². The molecule has 2 aliphatic heterocycles. The molecule has 1 aliphatic carbocycles. The number of allylic oxidation sites excluding steroid dienone is 5. The Balaban J connectivity index is 1.18. The molecule has 1 saturated heterocycles. The minimum atomic E-state index is -4.39. The summed E-state index contributed by atoms with van der Waals surface area (Å²) in [5, 5.41) is 6.69. The molecule has 42 heavy (non-hydrogen) atoms. The van der Waals surface area contributed by atoms with Crippen LogP contribution in [0.3, 0.4) is 0 Å².